The van der Waals surface area contributed by atoms with Gasteiger partial charge in [-0.3, -0.25) is 19.3 Å². The Morgan fingerprint density at radius 3 is 2.62 bits per heavy atom. The Kier molecular flexibility index (Phi) is 9.55. The molecular weight excluding hydrogens is 532 g/mol. The number of fused-ring (bicyclic) bond motifs is 1. The second kappa shape index (κ2) is 13.1. The second-order valence-electron chi connectivity index (χ2n) is 11.1. The van der Waals surface area contributed by atoms with Gasteiger partial charge in [0.15, 0.2) is 0 Å². The van der Waals surface area contributed by atoms with E-state index < -0.39 is 22.6 Å². The van der Waals surface area contributed by atoms with Crippen LogP contribution >= 0.6 is 11.8 Å². The molecule has 5 rings (SSSR count). The van der Waals surface area contributed by atoms with Gasteiger partial charge in [-0.25, -0.2) is 0 Å². The number of anilines is 1. The number of aliphatic hydroxyl groups is 1. The van der Waals surface area contributed by atoms with Gasteiger partial charge in [0.05, 0.1) is 36.4 Å². The fourth-order valence-corrected chi connectivity index (χ4v) is 9.07. The highest BCUT2D eigenvalue weighted by atomic mass is 32.2. The molecular formula is C29H42N4O6S. The van der Waals surface area contributed by atoms with E-state index in [1.165, 1.54) is 0 Å². The minimum absolute atomic E-state index is 0.0110. The number of thioether (sulfide) groups is 1. The molecule has 0 aromatic heterocycles. The molecule has 2 bridgehead atoms. The monoisotopic (exact) mass is 574 g/mol. The highest BCUT2D eigenvalue weighted by molar-refractivity contribution is 8.02. The summed E-state index contributed by atoms with van der Waals surface area (Å²) < 4.78 is 10.3. The molecule has 220 valence electrons. The fraction of sp³-hybridized carbons (Fsp3) is 0.690. The number of hydrogen-bond donors (Lipinski definition) is 3. The molecule has 10 nitrogen and oxygen atoms in total. The Balaban J connectivity index is 1.31. The molecule has 0 saturated carbocycles. The Labute approximate surface area is 240 Å². The van der Waals surface area contributed by atoms with E-state index in [1.54, 1.807) is 16.7 Å². The van der Waals surface area contributed by atoms with Crippen LogP contribution in [0.25, 0.3) is 0 Å². The Morgan fingerprint density at radius 1 is 1.12 bits per heavy atom. The molecule has 40 heavy (non-hydrogen) atoms. The van der Waals surface area contributed by atoms with Crippen LogP contribution in [0, 0.1) is 11.8 Å². The van der Waals surface area contributed by atoms with E-state index in [9.17, 15) is 19.5 Å². The SMILES string of the molecule is CCOc1ccc(NC(=O)[C@@H]2[C@@H]3CCC4(S3)C(C(=O)NCCN3CCOCC3)N(CCCCCO)C(=O)[C@H]24)cc1. The standard InChI is InChI=1S/C29H42N4O6S/c1-2-39-21-8-6-20(7-9-21)31-26(35)23-22-10-11-29(40-22)24(23)28(37)33(13-4-3-5-17-34)25(29)27(36)30-12-14-32-15-18-38-19-16-32/h6-9,22-25,34H,2-5,10-19H2,1H3,(H,30,36)(H,31,35)/t22-,23+,24-,25?,29?/m0/s1. The molecule has 3 amide bonds. The number of hydrogen-bond acceptors (Lipinski definition) is 8. The van der Waals surface area contributed by atoms with E-state index in [-0.39, 0.29) is 29.6 Å². The number of unbranched alkanes of at least 4 members (excludes halogenated alkanes) is 2. The van der Waals surface area contributed by atoms with E-state index in [1.807, 2.05) is 31.2 Å². The van der Waals surface area contributed by atoms with Gasteiger partial charge in [0.1, 0.15) is 11.8 Å². The van der Waals surface area contributed by atoms with Crippen molar-refractivity contribution in [2.75, 3.05) is 64.5 Å². The number of aliphatic hydroxyl groups excluding tert-OH is 1. The lowest BCUT2D eigenvalue weighted by atomic mass is 9.70. The molecule has 3 N–H and O–H groups in total. The number of rotatable bonds is 13. The van der Waals surface area contributed by atoms with Crippen molar-refractivity contribution in [3.05, 3.63) is 24.3 Å². The number of amides is 3. The Hall–Kier alpha value is -2.34. The van der Waals surface area contributed by atoms with Gasteiger partial charge >= 0.3 is 0 Å². The van der Waals surface area contributed by atoms with Crippen LogP contribution < -0.4 is 15.4 Å². The molecule has 4 aliphatic heterocycles. The molecule has 0 radical (unpaired) electrons. The van der Waals surface area contributed by atoms with Crippen molar-refractivity contribution in [2.45, 2.75) is 55.1 Å². The Bertz CT molecular complexity index is 1050. The third-order valence-corrected chi connectivity index (χ3v) is 10.6. The molecule has 1 spiro atoms. The lowest BCUT2D eigenvalue weighted by Crippen LogP contribution is -2.54. The zero-order valence-electron chi connectivity index (χ0n) is 23.3. The first-order valence-electron chi connectivity index (χ1n) is 14.7. The van der Waals surface area contributed by atoms with Crippen molar-refractivity contribution in [2.24, 2.45) is 11.8 Å². The van der Waals surface area contributed by atoms with Crippen LogP contribution in [0.1, 0.15) is 39.0 Å². The maximum Gasteiger partial charge on any atom is 0.244 e. The van der Waals surface area contributed by atoms with E-state index in [0.717, 1.165) is 44.6 Å². The van der Waals surface area contributed by atoms with Crippen LogP contribution in [0.15, 0.2) is 24.3 Å². The molecule has 4 fully saturated rings. The maximum absolute atomic E-state index is 14.0. The Morgan fingerprint density at radius 2 is 1.90 bits per heavy atom. The zero-order valence-corrected chi connectivity index (χ0v) is 24.1. The van der Waals surface area contributed by atoms with Crippen LogP contribution in [0.2, 0.25) is 0 Å². The number of morpholine rings is 1. The predicted molar refractivity (Wildman–Crippen MR) is 153 cm³/mol. The van der Waals surface area contributed by atoms with Crippen molar-refractivity contribution in [1.82, 2.24) is 15.1 Å². The van der Waals surface area contributed by atoms with Crippen LogP contribution in [0.5, 0.6) is 5.75 Å². The van der Waals surface area contributed by atoms with Crippen molar-refractivity contribution < 1.29 is 29.0 Å². The third kappa shape index (κ3) is 5.84. The molecule has 1 aromatic rings. The molecule has 0 aliphatic carbocycles. The maximum atomic E-state index is 14.0. The number of carbonyl (C=O) groups is 3. The van der Waals surface area contributed by atoms with Crippen molar-refractivity contribution in [1.29, 1.82) is 0 Å². The van der Waals surface area contributed by atoms with Gasteiger partial charge in [-0.05, 0) is 63.3 Å². The molecule has 4 aliphatic rings. The minimum atomic E-state index is -0.595. The van der Waals surface area contributed by atoms with Gasteiger partial charge in [0, 0.05) is 50.3 Å². The van der Waals surface area contributed by atoms with E-state index >= 15 is 0 Å². The number of nitrogens with one attached hydrogen (secondary N) is 2. The average molecular weight is 575 g/mol. The summed E-state index contributed by atoms with van der Waals surface area (Å²) in [5.41, 5.74) is 0.666. The number of carbonyl (C=O) groups excluding carboxylic acids is 3. The number of nitrogens with zero attached hydrogens (tertiary/aromatic N) is 2. The summed E-state index contributed by atoms with van der Waals surface area (Å²) in [6, 6.07) is 6.67. The second-order valence-corrected chi connectivity index (χ2v) is 12.7. The topological polar surface area (TPSA) is 120 Å². The number of ether oxygens (including phenoxy) is 2. The van der Waals surface area contributed by atoms with Crippen LogP contribution in [-0.2, 0) is 19.1 Å². The summed E-state index contributed by atoms with van der Waals surface area (Å²) in [6.07, 6.45) is 3.72. The molecule has 11 heteroatoms. The third-order valence-electron chi connectivity index (χ3n) is 8.67. The quantitative estimate of drug-likeness (QED) is 0.305. The van der Waals surface area contributed by atoms with E-state index in [0.29, 0.717) is 51.4 Å². The summed E-state index contributed by atoms with van der Waals surface area (Å²) in [6.45, 7) is 7.41. The lowest BCUT2D eigenvalue weighted by molar-refractivity contribution is -0.139. The largest absolute Gasteiger partial charge is 0.494 e. The number of benzene rings is 1. The van der Waals surface area contributed by atoms with Crippen LogP contribution in [0.4, 0.5) is 5.69 Å². The van der Waals surface area contributed by atoms with Crippen LogP contribution in [0.3, 0.4) is 0 Å². The summed E-state index contributed by atoms with van der Waals surface area (Å²) in [7, 11) is 0. The first-order chi connectivity index (χ1) is 19.5. The predicted octanol–water partition coefficient (Wildman–Crippen LogP) is 1.73. The summed E-state index contributed by atoms with van der Waals surface area (Å²) in [5.74, 6) is -0.628. The summed E-state index contributed by atoms with van der Waals surface area (Å²) >= 11 is 1.68. The van der Waals surface area contributed by atoms with Gasteiger partial charge in [-0.2, -0.15) is 0 Å². The minimum Gasteiger partial charge on any atom is -0.494 e. The van der Waals surface area contributed by atoms with Crippen LogP contribution in [-0.4, -0.2) is 108 Å². The molecule has 5 atom stereocenters. The van der Waals surface area contributed by atoms with Gasteiger partial charge < -0.3 is 30.1 Å². The number of likely N-dealkylation sites (tertiary alicyclic amines) is 1. The highest BCUT2D eigenvalue weighted by Gasteiger charge is 2.73. The molecule has 4 heterocycles. The van der Waals surface area contributed by atoms with Crippen molar-refractivity contribution >= 4 is 35.2 Å². The normalized spacial score (nSPS) is 29.4. The summed E-state index contributed by atoms with van der Waals surface area (Å²) in [4.78, 5) is 45.5. The van der Waals surface area contributed by atoms with Gasteiger partial charge in [0.2, 0.25) is 17.7 Å². The average Bonchev–Trinajstić information content (AvgIpc) is 3.60. The van der Waals surface area contributed by atoms with Crippen molar-refractivity contribution in [3.8, 4) is 5.75 Å². The first kappa shape index (κ1) is 29.2. The summed E-state index contributed by atoms with van der Waals surface area (Å²) in [5, 5.41) is 15.4. The smallest absolute Gasteiger partial charge is 0.244 e. The first-order valence-corrected chi connectivity index (χ1v) is 15.6. The fourth-order valence-electron chi connectivity index (χ4n) is 6.85. The van der Waals surface area contributed by atoms with E-state index in [2.05, 4.69) is 15.5 Å². The molecule has 1 aromatic carbocycles. The van der Waals surface area contributed by atoms with E-state index in [4.69, 9.17) is 9.47 Å². The highest BCUT2D eigenvalue weighted by Crippen LogP contribution is 2.66. The van der Waals surface area contributed by atoms with Gasteiger partial charge in [-0.15, -0.1) is 11.8 Å². The zero-order chi connectivity index (χ0) is 28.1. The van der Waals surface area contributed by atoms with Gasteiger partial charge in [-0.1, -0.05) is 0 Å². The van der Waals surface area contributed by atoms with Gasteiger partial charge in [0.25, 0.3) is 0 Å². The van der Waals surface area contributed by atoms with Crippen molar-refractivity contribution in [3.63, 3.8) is 0 Å². The molecule has 2 unspecified atom stereocenters. The lowest BCUT2D eigenvalue weighted by Gasteiger charge is -2.34. The molecule has 4 saturated heterocycles.